The zero-order chi connectivity index (χ0) is 26.4. The Morgan fingerprint density at radius 3 is 2.39 bits per heavy atom. The Kier molecular flexibility index (Phi) is 8.65. The number of aromatic nitrogens is 1. The van der Waals surface area contributed by atoms with Crippen molar-refractivity contribution in [3.05, 3.63) is 70.2 Å². The van der Waals surface area contributed by atoms with Gasteiger partial charge in [-0.15, -0.1) is 0 Å². The van der Waals surface area contributed by atoms with Gasteiger partial charge in [0.1, 0.15) is 16.7 Å². The molecule has 0 unspecified atom stereocenters. The zero-order valence-electron chi connectivity index (χ0n) is 20.8. The summed E-state index contributed by atoms with van der Waals surface area (Å²) >= 11 is 0.773. The molecule has 0 aliphatic carbocycles. The van der Waals surface area contributed by atoms with Gasteiger partial charge in [0.15, 0.2) is 5.69 Å². The van der Waals surface area contributed by atoms with E-state index in [9.17, 15) is 14.4 Å². The average molecular weight is 510 g/mol. The van der Waals surface area contributed by atoms with Crippen LogP contribution in [0.25, 0.3) is 0 Å². The first kappa shape index (κ1) is 26.7. The standard InChI is InChI=1S/C26H31N5O4S/c1-15(2)12-13-29-25(33)22(17-8-10-19(35-4)11-9-17)31(18-7-5-6-16(3)14-18)26(34)23-20(27)21(24(28)32)30-36-23/h5-11,14-15,22H,12-13,27H2,1-4H3,(H2,28,32)(H,29,33)/t22-/m1/s1. The predicted molar refractivity (Wildman–Crippen MR) is 141 cm³/mol. The van der Waals surface area contributed by atoms with E-state index >= 15 is 0 Å². The maximum atomic E-state index is 14.0. The van der Waals surface area contributed by atoms with Gasteiger partial charge in [0.25, 0.3) is 11.8 Å². The van der Waals surface area contributed by atoms with Gasteiger partial charge in [-0.1, -0.05) is 38.1 Å². The molecule has 5 N–H and O–H groups in total. The maximum absolute atomic E-state index is 14.0. The molecule has 9 nitrogen and oxygen atoms in total. The summed E-state index contributed by atoms with van der Waals surface area (Å²) in [5.74, 6) is -0.743. The van der Waals surface area contributed by atoms with Gasteiger partial charge in [-0.05, 0) is 66.2 Å². The number of amides is 3. The van der Waals surface area contributed by atoms with Crippen molar-refractivity contribution in [3.8, 4) is 5.75 Å². The van der Waals surface area contributed by atoms with Crippen molar-refractivity contribution in [2.24, 2.45) is 11.7 Å². The highest BCUT2D eigenvalue weighted by Crippen LogP contribution is 2.34. The van der Waals surface area contributed by atoms with E-state index in [1.165, 1.54) is 4.90 Å². The van der Waals surface area contributed by atoms with Crippen LogP contribution in [-0.4, -0.2) is 35.7 Å². The highest BCUT2D eigenvalue weighted by atomic mass is 32.1. The van der Waals surface area contributed by atoms with Gasteiger partial charge in [0.2, 0.25) is 5.91 Å². The second-order valence-corrected chi connectivity index (χ2v) is 9.58. The van der Waals surface area contributed by atoms with Crippen LogP contribution in [0.3, 0.4) is 0 Å². The third-order valence-electron chi connectivity index (χ3n) is 5.61. The molecule has 2 aromatic carbocycles. The Bertz CT molecular complexity index is 1240. The summed E-state index contributed by atoms with van der Waals surface area (Å²) in [7, 11) is 1.55. The van der Waals surface area contributed by atoms with Crippen LogP contribution < -0.4 is 26.4 Å². The molecule has 0 spiro atoms. The van der Waals surface area contributed by atoms with E-state index in [2.05, 4.69) is 23.5 Å². The van der Waals surface area contributed by atoms with Crippen LogP contribution in [0.15, 0.2) is 48.5 Å². The van der Waals surface area contributed by atoms with Crippen molar-refractivity contribution in [2.75, 3.05) is 24.3 Å². The van der Waals surface area contributed by atoms with E-state index in [1.54, 1.807) is 43.5 Å². The maximum Gasteiger partial charge on any atom is 0.273 e. The van der Waals surface area contributed by atoms with Crippen LogP contribution in [0.5, 0.6) is 5.75 Å². The predicted octanol–water partition coefficient (Wildman–Crippen LogP) is 3.69. The van der Waals surface area contributed by atoms with Crippen LogP contribution >= 0.6 is 11.5 Å². The second-order valence-electron chi connectivity index (χ2n) is 8.80. The second kappa shape index (κ2) is 11.7. The summed E-state index contributed by atoms with van der Waals surface area (Å²) in [5.41, 5.74) is 13.2. The molecular weight excluding hydrogens is 478 g/mol. The minimum atomic E-state index is -1.03. The van der Waals surface area contributed by atoms with Crippen LogP contribution in [0.1, 0.15) is 57.6 Å². The number of carbonyl (C=O) groups is 3. The fraction of sp³-hybridized carbons (Fsp3) is 0.308. The third-order valence-corrected chi connectivity index (χ3v) is 6.46. The molecule has 3 rings (SSSR count). The average Bonchev–Trinajstić information content (AvgIpc) is 3.23. The lowest BCUT2D eigenvalue weighted by Gasteiger charge is -2.31. The summed E-state index contributed by atoms with van der Waals surface area (Å²) in [6.45, 7) is 6.48. The summed E-state index contributed by atoms with van der Waals surface area (Å²) in [6, 6.07) is 13.2. The normalized spacial score (nSPS) is 11.7. The van der Waals surface area contributed by atoms with E-state index in [1.807, 2.05) is 19.1 Å². The van der Waals surface area contributed by atoms with Crippen molar-refractivity contribution < 1.29 is 19.1 Å². The minimum absolute atomic E-state index is 0.0267. The molecule has 0 aliphatic rings. The van der Waals surface area contributed by atoms with Gasteiger partial charge in [-0.3, -0.25) is 19.3 Å². The number of methoxy groups -OCH3 is 1. The largest absolute Gasteiger partial charge is 0.497 e. The molecule has 36 heavy (non-hydrogen) atoms. The van der Waals surface area contributed by atoms with Gasteiger partial charge in [0, 0.05) is 12.2 Å². The fourth-order valence-corrected chi connectivity index (χ4v) is 4.43. The number of nitrogen functional groups attached to an aromatic ring is 1. The van der Waals surface area contributed by atoms with Crippen molar-refractivity contribution in [2.45, 2.75) is 33.2 Å². The topological polar surface area (TPSA) is 141 Å². The van der Waals surface area contributed by atoms with Crippen molar-refractivity contribution in [1.29, 1.82) is 0 Å². The van der Waals surface area contributed by atoms with Gasteiger partial charge < -0.3 is 21.5 Å². The molecule has 0 aliphatic heterocycles. The first-order valence-corrected chi connectivity index (χ1v) is 12.3. The molecular formula is C26H31N5O4S. The number of rotatable bonds is 10. The molecule has 190 valence electrons. The van der Waals surface area contributed by atoms with Crippen molar-refractivity contribution >= 4 is 40.6 Å². The number of nitrogens with one attached hydrogen (secondary N) is 1. The summed E-state index contributed by atoms with van der Waals surface area (Å²) in [5, 5.41) is 2.97. The molecule has 0 fully saturated rings. The molecule has 1 aromatic heterocycles. The molecule has 0 radical (unpaired) electrons. The van der Waals surface area contributed by atoms with Crippen LogP contribution in [0, 0.1) is 12.8 Å². The number of nitrogens with zero attached hydrogens (tertiary/aromatic N) is 2. The lowest BCUT2D eigenvalue weighted by molar-refractivity contribution is -0.122. The Hall–Kier alpha value is -3.92. The number of hydrogen-bond acceptors (Lipinski definition) is 7. The highest BCUT2D eigenvalue weighted by molar-refractivity contribution is 7.09. The van der Waals surface area contributed by atoms with Gasteiger partial charge in [-0.25, -0.2) is 0 Å². The first-order valence-electron chi connectivity index (χ1n) is 11.5. The summed E-state index contributed by atoms with van der Waals surface area (Å²) in [4.78, 5) is 40.8. The van der Waals surface area contributed by atoms with E-state index in [0.29, 0.717) is 29.5 Å². The number of anilines is 2. The van der Waals surface area contributed by atoms with E-state index in [-0.39, 0.29) is 22.2 Å². The Labute approximate surface area is 214 Å². The Morgan fingerprint density at radius 1 is 1.14 bits per heavy atom. The number of primary amides is 1. The lowest BCUT2D eigenvalue weighted by atomic mass is 10.0. The number of hydrogen-bond donors (Lipinski definition) is 3. The number of carbonyl (C=O) groups excluding carboxylic acids is 3. The zero-order valence-corrected chi connectivity index (χ0v) is 21.6. The van der Waals surface area contributed by atoms with Gasteiger partial charge in [-0.2, -0.15) is 4.37 Å². The number of benzene rings is 2. The fourth-order valence-electron chi connectivity index (χ4n) is 3.68. The van der Waals surface area contributed by atoms with Crippen molar-refractivity contribution in [3.63, 3.8) is 0 Å². The van der Waals surface area contributed by atoms with Gasteiger partial charge in [0.05, 0.1) is 12.8 Å². The SMILES string of the molecule is COc1ccc([C@H](C(=O)NCCC(C)C)N(C(=O)c2snc(C(N)=O)c2N)c2cccc(C)c2)cc1. The molecule has 3 amide bonds. The number of ether oxygens (including phenoxy) is 1. The smallest absolute Gasteiger partial charge is 0.273 e. The van der Waals surface area contributed by atoms with Crippen LogP contribution in [-0.2, 0) is 4.79 Å². The Balaban J connectivity index is 2.16. The van der Waals surface area contributed by atoms with E-state index in [0.717, 1.165) is 23.5 Å². The molecule has 0 bridgehead atoms. The number of nitrogens with two attached hydrogens (primary N) is 2. The van der Waals surface area contributed by atoms with Gasteiger partial charge >= 0.3 is 0 Å². The minimum Gasteiger partial charge on any atom is -0.497 e. The monoisotopic (exact) mass is 509 g/mol. The molecule has 0 saturated carbocycles. The highest BCUT2D eigenvalue weighted by Gasteiger charge is 2.36. The summed E-state index contributed by atoms with van der Waals surface area (Å²) < 4.78 is 9.25. The van der Waals surface area contributed by atoms with Crippen LogP contribution in [0.4, 0.5) is 11.4 Å². The first-order chi connectivity index (χ1) is 17.1. The molecule has 3 aromatic rings. The van der Waals surface area contributed by atoms with E-state index in [4.69, 9.17) is 16.2 Å². The molecule has 10 heteroatoms. The third kappa shape index (κ3) is 6.01. The Morgan fingerprint density at radius 2 is 1.83 bits per heavy atom. The molecule has 1 atom stereocenters. The van der Waals surface area contributed by atoms with Crippen LogP contribution in [0.2, 0.25) is 0 Å². The molecule has 1 heterocycles. The van der Waals surface area contributed by atoms with Crippen molar-refractivity contribution in [1.82, 2.24) is 9.69 Å². The quantitative estimate of drug-likeness (QED) is 0.381. The van der Waals surface area contributed by atoms with E-state index < -0.39 is 17.9 Å². The molecule has 0 saturated heterocycles. The number of aryl methyl sites for hydroxylation is 1. The lowest BCUT2D eigenvalue weighted by Crippen LogP contribution is -2.44. The summed E-state index contributed by atoms with van der Waals surface area (Å²) in [6.07, 6.45) is 0.781.